The number of nitrogens with zero attached hydrogens (tertiary/aromatic N) is 1. The van der Waals surface area contributed by atoms with E-state index in [0.717, 1.165) is 24.5 Å². The van der Waals surface area contributed by atoms with Crippen molar-refractivity contribution in [2.75, 3.05) is 6.61 Å². The van der Waals surface area contributed by atoms with Crippen molar-refractivity contribution < 1.29 is 32.7 Å². The highest BCUT2D eigenvalue weighted by atomic mass is 19.4. The number of carbonyl (C=O) groups excluding carboxylic acids is 2. The average molecular weight is 514 g/mol. The van der Waals surface area contributed by atoms with Gasteiger partial charge in [0.2, 0.25) is 5.91 Å². The fourth-order valence-electron chi connectivity index (χ4n) is 5.54. The third-order valence-electron chi connectivity index (χ3n) is 7.32. The van der Waals surface area contributed by atoms with Crippen LogP contribution in [0.5, 0.6) is 0 Å². The molecule has 194 valence electrons. The third-order valence-corrected chi connectivity index (χ3v) is 7.32. The summed E-state index contributed by atoms with van der Waals surface area (Å²) in [4.78, 5) is 29.0. The summed E-state index contributed by atoms with van der Waals surface area (Å²) in [5.74, 6) is -1.55. The summed E-state index contributed by atoms with van der Waals surface area (Å²) in [6.07, 6.45) is -1.76. The van der Waals surface area contributed by atoms with E-state index in [0.29, 0.717) is 36.0 Å². The van der Waals surface area contributed by atoms with E-state index >= 15 is 0 Å². The first-order chi connectivity index (χ1) is 17.7. The molecule has 1 aliphatic carbocycles. The summed E-state index contributed by atoms with van der Waals surface area (Å²) >= 11 is 0. The van der Waals surface area contributed by atoms with Crippen molar-refractivity contribution in [1.82, 2.24) is 15.8 Å². The Morgan fingerprint density at radius 2 is 1.86 bits per heavy atom. The Hall–Kier alpha value is -3.50. The highest BCUT2D eigenvalue weighted by Crippen LogP contribution is 2.44. The molecule has 1 saturated heterocycles. The van der Waals surface area contributed by atoms with Gasteiger partial charge >= 0.3 is 6.18 Å². The van der Waals surface area contributed by atoms with Gasteiger partial charge in [0, 0.05) is 23.6 Å². The molecular formula is C27H26F3N3O4. The van der Waals surface area contributed by atoms with E-state index in [-0.39, 0.29) is 17.8 Å². The number of ether oxygens (including phenoxy) is 1. The molecule has 0 radical (unpaired) electrons. The second-order valence-corrected chi connectivity index (χ2v) is 9.76. The lowest BCUT2D eigenvalue weighted by molar-refractivity contribution is -0.141. The maximum Gasteiger partial charge on any atom is 0.433 e. The number of hydrogen-bond acceptors (Lipinski definition) is 5. The maximum atomic E-state index is 13.4. The van der Waals surface area contributed by atoms with E-state index in [2.05, 4.69) is 10.3 Å². The van der Waals surface area contributed by atoms with Crippen molar-refractivity contribution in [1.29, 1.82) is 0 Å². The number of carbonyl (C=O) groups is 2. The smallest absolute Gasteiger partial charge is 0.375 e. The number of hydrogen-bond donors (Lipinski definition) is 3. The summed E-state index contributed by atoms with van der Waals surface area (Å²) in [5.41, 5.74) is 2.12. The van der Waals surface area contributed by atoms with E-state index in [9.17, 15) is 22.8 Å². The summed E-state index contributed by atoms with van der Waals surface area (Å²) in [5, 5.41) is 12.7. The summed E-state index contributed by atoms with van der Waals surface area (Å²) in [7, 11) is 0. The van der Waals surface area contributed by atoms with Crippen molar-refractivity contribution >= 4 is 22.7 Å². The van der Waals surface area contributed by atoms with Gasteiger partial charge in [0.1, 0.15) is 5.69 Å². The zero-order valence-electron chi connectivity index (χ0n) is 19.8. The fraction of sp³-hybridized carbons (Fsp3) is 0.370. The highest BCUT2D eigenvalue weighted by Gasteiger charge is 2.51. The molecular weight excluding hydrogens is 487 g/mol. The topological polar surface area (TPSA) is 101 Å². The van der Waals surface area contributed by atoms with Crippen LogP contribution in [0.15, 0.2) is 54.6 Å². The predicted octanol–water partition coefficient (Wildman–Crippen LogP) is 4.41. The number of amides is 2. The van der Waals surface area contributed by atoms with E-state index in [1.165, 1.54) is 0 Å². The van der Waals surface area contributed by atoms with Crippen molar-refractivity contribution in [2.45, 2.75) is 49.9 Å². The Kier molecular flexibility index (Phi) is 6.63. The van der Waals surface area contributed by atoms with E-state index < -0.39 is 35.3 Å². The van der Waals surface area contributed by atoms with Crippen LogP contribution in [0.3, 0.4) is 0 Å². The third kappa shape index (κ3) is 5.17. The molecule has 2 amide bonds. The lowest BCUT2D eigenvalue weighted by Gasteiger charge is -2.22. The molecule has 0 unspecified atom stereocenters. The van der Waals surface area contributed by atoms with Gasteiger partial charge in [-0.3, -0.25) is 14.8 Å². The summed E-state index contributed by atoms with van der Waals surface area (Å²) in [6, 6.07) is 13.9. The van der Waals surface area contributed by atoms with Crippen LogP contribution in [-0.4, -0.2) is 40.3 Å². The quantitative estimate of drug-likeness (QED) is 0.347. The number of hydroxylamine groups is 1. The average Bonchev–Trinajstić information content (AvgIpc) is 3.49. The first kappa shape index (κ1) is 25.2. The number of fused-ring (bicyclic) bond motifs is 1. The van der Waals surface area contributed by atoms with Gasteiger partial charge in [-0.25, -0.2) is 10.5 Å². The fourth-order valence-corrected chi connectivity index (χ4v) is 5.54. The van der Waals surface area contributed by atoms with Gasteiger partial charge in [0.25, 0.3) is 5.91 Å². The molecule has 10 heteroatoms. The van der Waals surface area contributed by atoms with Gasteiger partial charge in [-0.05, 0) is 67.5 Å². The summed E-state index contributed by atoms with van der Waals surface area (Å²) in [6.45, 7) is 0.604. The molecule has 1 aromatic heterocycles. The minimum absolute atomic E-state index is 0.231. The molecule has 3 atom stereocenters. The minimum Gasteiger partial charge on any atom is -0.375 e. The Labute approximate surface area is 211 Å². The van der Waals surface area contributed by atoms with Crippen LogP contribution in [0.4, 0.5) is 13.2 Å². The van der Waals surface area contributed by atoms with Gasteiger partial charge < -0.3 is 10.1 Å². The van der Waals surface area contributed by atoms with Crippen LogP contribution in [0.1, 0.15) is 52.9 Å². The molecule has 7 nitrogen and oxygen atoms in total. The number of benzene rings is 2. The summed E-state index contributed by atoms with van der Waals surface area (Å²) < 4.78 is 46.0. The highest BCUT2D eigenvalue weighted by molar-refractivity contribution is 5.95. The van der Waals surface area contributed by atoms with Crippen LogP contribution < -0.4 is 10.8 Å². The number of para-hydroxylation sites is 1. The first-order valence-electron chi connectivity index (χ1n) is 12.1. The number of nitrogens with one attached hydrogen (secondary N) is 2. The molecule has 37 heavy (non-hydrogen) atoms. The van der Waals surface area contributed by atoms with E-state index in [4.69, 9.17) is 9.94 Å². The lowest BCUT2D eigenvalue weighted by atomic mass is 9.96. The normalized spacial score (nSPS) is 23.5. The molecule has 1 aliphatic heterocycles. The lowest BCUT2D eigenvalue weighted by Crippen LogP contribution is -2.43. The van der Waals surface area contributed by atoms with Crippen LogP contribution in [-0.2, 0) is 22.1 Å². The van der Waals surface area contributed by atoms with E-state index in [1.807, 2.05) is 0 Å². The van der Waals surface area contributed by atoms with Gasteiger partial charge in [0.15, 0.2) is 0 Å². The standard InChI is InChI=1S/C27H26F3N3O4/c28-27(29,30)23-13-18(19-4-1-2-5-21(19)31-23)12-16-6-8-17(9-7-16)24(34)32-22-15-26(10-3-11-37-26)14-20(22)25(35)33-36/h1-2,4-9,13,20,22,36H,3,10-12,14-15H2,(H,32,34)(H,33,35)/t20-,22+,26+/m0/s1. The van der Waals surface area contributed by atoms with Gasteiger partial charge in [-0.2, -0.15) is 13.2 Å². The number of halogens is 3. The molecule has 3 N–H and O–H groups in total. The minimum atomic E-state index is -4.56. The molecule has 2 aromatic carbocycles. The predicted molar refractivity (Wildman–Crippen MR) is 128 cm³/mol. The molecule has 2 fully saturated rings. The van der Waals surface area contributed by atoms with Gasteiger partial charge in [-0.15, -0.1) is 0 Å². The van der Waals surface area contributed by atoms with Crippen LogP contribution in [0.2, 0.25) is 0 Å². The van der Waals surface area contributed by atoms with Crippen LogP contribution >= 0.6 is 0 Å². The molecule has 3 aromatic rings. The molecule has 5 rings (SSSR count). The monoisotopic (exact) mass is 513 g/mol. The zero-order valence-corrected chi connectivity index (χ0v) is 19.8. The molecule has 2 heterocycles. The van der Waals surface area contributed by atoms with Crippen molar-refractivity contribution in [3.05, 3.63) is 77.0 Å². The second kappa shape index (κ2) is 9.75. The van der Waals surface area contributed by atoms with Crippen LogP contribution in [0.25, 0.3) is 10.9 Å². The Morgan fingerprint density at radius 3 is 2.54 bits per heavy atom. The first-order valence-corrected chi connectivity index (χ1v) is 12.1. The molecule has 0 bridgehead atoms. The molecule has 1 saturated carbocycles. The Bertz CT molecular complexity index is 1320. The maximum absolute atomic E-state index is 13.4. The van der Waals surface area contributed by atoms with Crippen molar-refractivity contribution in [2.24, 2.45) is 5.92 Å². The van der Waals surface area contributed by atoms with Crippen molar-refractivity contribution in [3.63, 3.8) is 0 Å². The van der Waals surface area contributed by atoms with E-state index in [1.54, 1.807) is 54.0 Å². The number of pyridine rings is 1. The molecule has 1 spiro atoms. The number of rotatable bonds is 5. The Balaban J connectivity index is 1.33. The van der Waals surface area contributed by atoms with Crippen molar-refractivity contribution in [3.8, 4) is 0 Å². The SMILES string of the molecule is O=C(N[C@@H]1C[C@@]2(CCCO2)C[C@@H]1C(=O)NO)c1ccc(Cc2cc(C(F)(F)F)nc3ccccc23)cc1. The van der Waals surface area contributed by atoms with Gasteiger partial charge in [-0.1, -0.05) is 30.3 Å². The number of alkyl halides is 3. The van der Waals surface area contributed by atoms with Gasteiger partial charge in [0.05, 0.1) is 17.0 Å². The zero-order chi connectivity index (χ0) is 26.2. The Morgan fingerprint density at radius 1 is 1.11 bits per heavy atom. The molecule has 2 aliphatic rings. The largest absolute Gasteiger partial charge is 0.433 e. The second-order valence-electron chi connectivity index (χ2n) is 9.76. The van der Waals surface area contributed by atoms with Crippen LogP contribution in [0, 0.1) is 5.92 Å². The number of aromatic nitrogens is 1.